The van der Waals surface area contributed by atoms with Crippen LogP contribution in [-0.2, 0) is 16.1 Å². The van der Waals surface area contributed by atoms with Gasteiger partial charge in [0.1, 0.15) is 11.6 Å². The number of nitrogens with zero attached hydrogens (tertiary/aromatic N) is 3. The number of hydrogen-bond acceptors (Lipinski definition) is 3. The van der Waals surface area contributed by atoms with Gasteiger partial charge in [0, 0.05) is 37.7 Å². The largest absolute Gasteiger partial charge is 0.326 e. The van der Waals surface area contributed by atoms with E-state index in [1.807, 2.05) is 29.8 Å². The summed E-state index contributed by atoms with van der Waals surface area (Å²) in [4.78, 5) is 26.6. The Labute approximate surface area is 174 Å². The average Bonchev–Trinajstić information content (AvgIpc) is 3.13. The molecule has 1 aliphatic heterocycles. The molecule has 0 saturated heterocycles. The van der Waals surface area contributed by atoms with Gasteiger partial charge in [-0.2, -0.15) is 5.10 Å². The summed E-state index contributed by atoms with van der Waals surface area (Å²) in [6.45, 7) is 3.36. The number of amides is 2. The van der Waals surface area contributed by atoms with Gasteiger partial charge >= 0.3 is 0 Å². The third-order valence-electron chi connectivity index (χ3n) is 5.12. The van der Waals surface area contributed by atoms with Gasteiger partial charge in [-0.05, 0) is 48.7 Å². The van der Waals surface area contributed by atoms with Crippen LogP contribution in [0.3, 0.4) is 0 Å². The average molecular weight is 406 g/mol. The fourth-order valence-electron chi connectivity index (χ4n) is 3.63. The van der Waals surface area contributed by atoms with Crippen molar-refractivity contribution in [3.05, 3.63) is 66.1 Å². The highest BCUT2D eigenvalue weighted by molar-refractivity contribution is 5.98. The topological polar surface area (TPSA) is 67.2 Å². The van der Waals surface area contributed by atoms with Gasteiger partial charge in [-0.3, -0.25) is 14.5 Å². The van der Waals surface area contributed by atoms with E-state index in [9.17, 15) is 14.0 Å². The molecule has 0 saturated carbocycles. The number of hydrogen-bond donors (Lipinski definition) is 1. The quantitative estimate of drug-likeness (QED) is 0.692. The van der Waals surface area contributed by atoms with Crippen molar-refractivity contribution in [3.63, 3.8) is 0 Å². The molecule has 0 unspecified atom stereocenters. The summed E-state index contributed by atoms with van der Waals surface area (Å²) in [5.74, 6) is 0.249. The van der Waals surface area contributed by atoms with E-state index in [1.54, 1.807) is 29.2 Å². The molecule has 30 heavy (non-hydrogen) atoms. The molecule has 1 N–H and O–H groups in total. The molecule has 2 aromatic carbocycles. The van der Waals surface area contributed by atoms with Gasteiger partial charge in [0.05, 0.1) is 5.69 Å². The molecule has 0 spiro atoms. The number of carbonyl (C=O) groups excluding carboxylic acids is 2. The van der Waals surface area contributed by atoms with Crippen LogP contribution < -0.4 is 10.2 Å². The third kappa shape index (κ3) is 4.40. The fraction of sp³-hybridized carbons (Fsp3) is 0.261. The van der Waals surface area contributed by atoms with E-state index in [1.165, 1.54) is 12.1 Å². The second-order valence-electron chi connectivity index (χ2n) is 7.40. The highest BCUT2D eigenvalue weighted by atomic mass is 19.1. The van der Waals surface area contributed by atoms with E-state index < -0.39 is 0 Å². The summed E-state index contributed by atoms with van der Waals surface area (Å²) in [5.41, 5.74) is 3.37. The number of aryl methyl sites for hydroxylation is 2. The highest BCUT2D eigenvalue weighted by Crippen LogP contribution is 2.24. The molecule has 3 aromatic rings. The molecular formula is C23H23FN4O2. The van der Waals surface area contributed by atoms with E-state index in [-0.39, 0.29) is 30.5 Å². The zero-order valence-corrected chi connectivity index (χ0v) is 16.8. The molecule has 0 bridgehead atoms. The SMILES string of the molecule is Cc1cc2n(n1)CCCN2C(=O)CCC(=O)Nc1ccc(-c2ccc(F)cc2)cc1. The van der Waals surface area contributed by atoms with Crippen LogP contribution in [0.15, 0.2) is 54.6 Å². The Balaban J connectivity index is 1.32. The van der Waals surface area contributed by atoms with Gasteiger partial charge in [-0.1, -0.05) is 24.3 Å². The van der Waals surface area contributed by atoms with Crippen LogP contribution in [-0.4, -0.2) is 28.1 Å². The zero-order valence-electron chi connectivity index (χ0n) is 16.8. The lowest BCUT2D eigenvalue weighted by molar-refractivity contribution is -0.122. The zero-order chi connectivity index (χ0) is 21.1. The first-order valence-corrected chi connectivity index (χ1v) is 10.0. The van der Waals surface area contributed by atoms with Crippen LogP contribution in [0.2, 0.25) is 0 Å². The summed E-state index contributed by atoms with van der Waals surface area (Å²) in [6, 6.07) is 15.5. The molecule has 1 aliphatic rings. The molecule has 0 atom stereocenters. The Morgan fingerprint density at radius 3 is 2.37 bits per heavy atom. The Morgan fingerprint density at radius 1 is 1.00 bits per heavy atom. The van der Waals surface area contributed by atoms with Crippen LogP contribution in [0.5, 0.6) is 0 Å². The summed E-state index contributed by atoms with van der Waals surface area (Å²) in [7, 11) is 0. The first-order chi connectivity index (χ1) is 14.5. The minimum atomic E-state index is -0.277. The Kier molecular flexibility index (Phi) is 5.61. The van der Waals surface area contributed by atoms with Gasteiger partial charge in [0.25, 0.3) is 0 Å². The molecule has 0 fully saturated rings. The van der Waals surface area contributed by atoms with Crippen molar-refractivity contribution in [2.45, 2.75) is 32.7 Å². The standard InChI is InChI=1S/C23H23FN4O2/c1-16-15-22-27(13-2-14-28(22)26-16)23(30)12-11-21(29)25-20-9-5-18(6-10-20)17-3-7-19(24)8-4-17/h3-10,15H,2,11-14H2,1H3,(H,25,29). The van der Waals surface area contributed by atoms with Crippen LogP contribution in [0.4, 0.5) is 15.9 Å². The van der Waals surface area contributed by atoms with Crippen molar-refractivity contribution in [2.75, 3.05) is 16.8 Å². The molecule has 4 rings (SSSR count). The lowest BCUT2D eigenvalue weighted by Crippen LogP contribution is -2.37. The normalized spacial score (nSPS) is 13.1. The second kappa shape index (κ2) is 8.49. The maximum absolute atomic E-state index is 13.1. The Hall–Kier alpha value is -3.48. The molecule has 7 heteroatoms. The molecule has 154 valence electrons. The number of benzene rings is 2. The molecule has 0 radical (unpaired) electrons. The van der Waals surface area contributed by atoms with Crippen molar-refractivity contribution in [3.8, 4) is 11.1 Å². The van der Waals surface area contributed by atoms with Gasteiger partial charge in [0.2, 0.25) is 11.8 Å². The number of rotatable bonds is 5. The Bertz CT molecular complexity index is 1060. The van der Waals surface area contributed by atoms with E-state index in [4.69, 9.17) is 0 Å². The minimum Gasteiger partial charge on any atom is -0.326 e. The number of anilines is 2. The van der Waals surface area contributed by atoms with Gasteiger partial charge in [0.15, 0.2) is 0 Å². The number of fused-ring (bicyclic) bond motifs is 1. The fourth-order valence-corrected chi connectivity index (χ4v) is 3.63. The first kappa shape index (κ1) is 19.8. The smallest absolute Gasteiger partial charge is 0.228 e. The Morgan fingerprint density at radius 2 is 1.67 bits per heavy atom. The molecule has 2 heterocycles. The predicted molar refractivity (Wildman–Crippen MR) is 114 cm³/mol. The van der Waals surface area contributed by atoms with Crippen molar-refractivity contribution in [1.82, 2.24) is 9.78 Å². The maximum Gasteiger partial charge on any atom is 0.228 e. The summed E-state index contributed by atoms with van der Waals surface area (Å²) in [6.07, 6.45) is 1.11. The van der Waals surface area contributed by atoms with Gasteiger partial charge in [-0.15, -0.1) is 0 Å². The number of carbonyl (C=O) groups is 2. The van der Waals surface area contributed by atoms with Crippen LogP contribution >= 0.6 is 0 Å². The molecule has 1 aromatic heterocycles. The van der Waals surface area contributed by atoms with Crippen molar-refractivity contribution in [1.29, 1.82) is 0 Å². The number of halogens is 1. The lowest BCUT2D eigenvalue weighted by atomic mass is 10.1. The summed E-state index contributed by atoms with van der Waals surface area (Å²) < 4.78 is 14.9. The van der Waals surface area contributed by atoms with Crippen molar-refractivity contribution < 1.29 is 14.0 Å². The van der Waals surface area contributed by atoms with E-state index in [0.717, 1.165) is 35.6 Å². The van der Waals surface area contributed by atoms with Gasteiger partial charge < -0.3 is 5.32 Å². The van der Waals surface area contributed by atoms with E-state index >= 15 is 0 Å². The second-order valence-corrected chi connectivity index (χ2v) is 7.40. The van der Waals surface area contributed by atoms with Crippen LogP contribution in [0.1, 0.15) is 25.0 Å². The van der Waals surface area contributed by atoms with Crippen LogP contribution in [0, 0.1) is 12.7 Å². The van der Waals surface area contributed by atoms with E-state index in [0.29, 0.717) is 12.2 Å². The lowest BCUT2D eigenvalue weighted by Gasteiger charge is -2.27. The van der Waals surface area contributed by atoms with Crippen LogP contribution in [0.25, 0.3) is 11.1 Å². The minimum absolute atomic E-state index is 0.0716. The highest BCUT2D eigenvalue weighted by Gasteiger charge is 2.24. The molecule has 2 amide bonds. The monoisotopic (exact) mass is 406 g/mol. The molecule has 0 aliphatic carbocycles. The molecule has 6 nitrogen and oxygen atoms in total. The van der Waals surface area contributed by atoms with Crippen molar-refractivity contribution in [2.24, 2.45) is 0 Å². The van der Waals surface area contributed by atoms with Gasteiger partial charge in [-0.25, -0.2) is 9.07 Å². The van der Waals surface area contributed by atoms with E-state index in [2.05, 4.69) is 10.4 Å². The summed E-state index contributed by atoms with van der Waals surface area (Å²) >= 11 is 0. The summed E-state index contributed by atoms with van der Waals surface area (Å²) in [5, 5.41) is 7.22. The number of nitrogens with one attached hydrogen (secondary N) is 1. The third-order valence-corrected chi connectivity index (χ3v) is 5.12. The number of aromatic nitrogens is 2. The van der Waals surface area contributed by atoms with Crippen molar-refractivity contribution >= 4 is 23.3 Å². The maximum atomic E-state index is 13.1. The predicted octanol–water partition coefficient (Wildman–Crippen LogP) is 4.15. The molecular weight excluding hydrogens is 383 g/mol. The first-order valence-electron chi connectivity index (χ1n) is 10.0.